The van der Waals surface area contributed by atoms with Gasteiger partial charge in [0, 0.05) is 24.0 Å². The van der Waals surface area contributed by atoms with Crippen molar-refractivity contribution in [2.24, 2.45) is 5.73 Å². The van der Waals surface area contributed by atoms with Gasteiger partial charge in [0.2, 0.25) is 0 Å². The summed E-state index contributed by atoms with van der Waals surface area (Å²) in [5, 5.41) is 0. The van der Waals surface area contributed by atoms with Crippen molar-refractivity contribution in [3.8, 4) is 0 Å². The number of hydrogen-bond acceptors (Lipinski definition) is 3. The summed E-state index contributed by atoms with van der Waals surface area (Å²) < 4.78 is 14.2. The van der Waals surface area contributed by atoms with Crippen LogP contribution in [0.15, 0.2) is 30.3 Å². The van der Waals surface area contributed by atoms with Gasteiger partial charge in [0.25, 0.3) is 0 Å². The molecule has 1 heterocycles. The summed E-state index contributed by atoms with van der Waals surface area (Å²) in [4.78, 5) is 3.30. The van der Waals surface area contributed by atoms with Crippen LogP contribution in [0.1, 0.15) is 22.0 Å². The highest BCUT2D eigenvalue weighted by Crippen LogP contribution is 2.27. The standard InChI is InChI=1S/C15H18ClFN2S/c1-10-3-4-11(17)7-13(10)14(8-18)19(2)9-12-5-6-15(16)20-12/h3-7,14H,8-9,18H2,1-2H3. The number of aryl methyl sites for hydroxylation is 1. The summed E-state index contributed by atoms with van der Waals surface area (Å²) in [5.74, 6) is -0.225. The highest BCUT2D eigenvalue weighted by Gasteiger charge is 2.18. The maximum Gasteiger partial charge on any atom is 0.123 e. The van der Waals surface area contributed by atoms with E-state index in [-0.39, 0.29) is 11.9 Å². The first kappa shape index (κ1) is 15.4. The Morgan fingerprint density at radius 1 is 1.35 bits per heavy atom. The van der Waals surface area contributed by atoms with E-state index in [0.717, 1.165) is 22.0 Å². The van der Waals surface area contributed by atoms with Crippen molar-refractivity contribution in [1.82, 2.24) is 4.90 Å². The van der Waals surface area contributed by atoms with E-state index < -0.39 is 0 Å². The third-order valence-electron chi connectivity index (χ3n) is 3.39. The minimum absolute atomic E-state index is 0.00780. The van der Waals surface area contributed by atoms with Gasteiger partial charge >= 0.3 is 0 Å². The van der Waals surface area contributed by atoms with Gasteiger partial charge in [-0.1, -0.05) is 17.7 Å². The quantitative estimate of drug-likeness (QED) is 0.905. The van der Waals surface area contributed by atoms with E-state index in [1.807, 2.05) is 26.1 Å². The molecule has 0 aliphatic rings. The molecular formula is C15H18ClFN2S. The van der Waals surface area contributed by atoms with Gasteiger partial charge in [0.1, 0.15) is 5.82 Å². The number of nitrogens with two attached hydrogens (primary N) is 1. The molecule has 108 valence electrons. The van der Waals surface area contributed by atoms with Crippen LogP contribution in [0.4, 0.5) is 4.39 Å². The fourth-order valence-electron chi connectivity index (χ4n) is 2.31. The van der Waals surface area contributed by atoms with E-state index in [1.54, 1.807) is 23.5 Å². The van der Waals surface area contributed by atoms with Gasteiger partial charge in [-0.15, -0.1) is 11.3 Å². The smallest absolute Gasteiger partial charge is 0.123 e. The lowest BCUT2D eigenvalue weighted by Crippen LogP contribution is -2.30. The largest absolute Gasteiger partial charge is 0.329 e. The molecule has 1 atom stereocenters. The second-order valence-corrected chi connectivity index (χ2v) is 6.67. The molecule has 2 aromatic rings. The van der Waals surface area contributed by atoms with Crippen molar-refractivity contribution in [2.75, 3.05) is 13.6 Å². The molecule has 2 nitrogen and oxygen atoms in total. The Labute approximate surface area is 128 Å². The van der Waals surface area contributed by atoms with E-state index in [0.29, 0.717) is 6.54 Å². The van der Waals surface area contributed by atoms with Crippen LogP contribution < -0.4 is 5.73 Å². The number of nitrogens with zero attached hydrogens (tertiary/aromatic N) is 1. The molecule has 0 spiro atoms. The van der Waals surface area contributed by atoms with E-state index in [2.05, 4.69) is 4.90 Å². The normalized spacial score (nSPS) is 12.9. The molecular weight excluding hydrogens is 295 g/mol. The predicted octanol–water partition coefficient (Wildman–Crippen LogP) is 3.98. The summed E-state index contributed by atoms with van der Waals surface area (Å²) in [6.45, 7) is 3.17. The van der Waals surface area contributed by atoms with Crippen LogP contribution in [0, 0.1) is 12.7 Å². The maximum atomic E-state index is 13.5. The van der Waals surface area contributed by atoms with Gasteiger partial charge in [-0.05, 0) is 49.4 Å². The molecule has 1 unspecified atom stereocenters. The van der Waals surface area contributed by atoms with Crippen LogP contribution in [-0.2, 0) is 6.54 Å². The lowest BCUT2D eigenvalue weighted by Gasteiger charge is -2.28. The Morgan fingerprint density at radius 2 is 2.10 bits per heavy atom. The number of halogens is 2. The van der Waals surface area contributed by atoms with Crippen molar-refractivity contribution >= 4 is 22.9 Å². The first-order valence-corrected chi connectivity index (χ1v) is 7.61. The Hall–Kier alpha value is -0.940. The molecule has 20 heavy (non-hydrogen) atoms. The first-order valence-electron chi connectivity index (χ1n) is 6.42. The zero-order valence-corrected chi connectivity index (χ0v) is 13.1. The van der Waals surface area contributed by atoms with Gasteiger partial charge in [-0.3, -0.25) is 4.90 Å². The summed E-state index contributed by atoms with van der Waals surface area (Å²) in [6.07, 6.45) is 0. The molecule has 0 aliphatic heterocycles. The Morgan fingerprint density at radius 3 is 2.70 bits per heavy atom. The van der Waals surface area contributed by atoms with Crippen LogP contribution in [0.3, 0.4) is 0 Å². The van der Waals surface area contributed by atoms with Crippen molar-refractivity contribution in [3.63, 3.8) is 0 Å². The molecule has 0 saturated carbocycles. The van der Waals surface area contributed by atoms with Crippen molar-refractivity contribution in [1.29, 1.82) is 0 Å². The van der Waals surface area contributed by atoms with E-state index >= 15 is 0 Å². The number of likely N-dealkylation sites (N-methyl/N-ethyl adjacent to an activating group) is 1. The van der Waals surface area contributed by atoms with Gasteiger partial charge in [-0.25, -0.2) is 4.39 Å². The monoisotopic (exact) mass is 312 g/mol. The fraction of sp³-hybridized carbons (Fsp3) is 0.333. The average molecular weight is 313 g/mol. The van der Waals surface area contributed by atoms with Crippen LogP contribution in [0.25, 0.3) is 0 Å². The summed E-state index contributed by atoms with van der Waals surface area (Å²) in [5.41, 5.74) is 7.89. The molecule has 2 N–H and O–H groups in total. The molecule has 5 heteroatoms. The van der Waals surface area contributed by atoms with Gasteiger partial charge in [0.15, 0.2) is 0 Å². The molecule has 0 saturated heterocycles. The zero-order valence-electron chi connectivity index (χ0n) is 11.6. The minimum Gasteiger partial charge on any atom is -0.329 e. The second kappa shape index (κ2) is 6.68. The van der Waals surface area contributed by atoms with Crippen LogP contribution in [0.5, 0.6) is 0 Å². The van der Waals surface area contributed by atoms with Gasteiger partial charge in [0.05, 0.1) is 4.34 Å². The van der Waals surface area contributed by atoms with Crippen LogP contribution >= 0.6 is 22.9 Å². The summed E-state index contributed by atoms with van der Waals surface area (Å²) >= 11 is 7.50. The molecule has 0 amide bonds. The molecule has 1 aromatic heterocycles. The lowest BCUT2D eigenvalue weighted by molar-refractivity contribution is 0.242. The number of rotatable bonds is 5. The topological polar surface area (TPSA) is 29.3 Å². The highest BCUT2D eigenvalue weighted by molar-refractivity contribution is 7.16. The molecule has 2 rings (SSSR count). The van der Waals surface area contributed by atoms with E-state index in [9.17, 15) is 4.39 Å². The highest BCUT2D eigenvalue weighted by atomic mass is 35.5. The van der Waals surface area contributed by atoms with Crippen molar-refractivity contribution in [2.45, 2.75) is 19.5 Å². The third kappa shape index (κ3) is 3.58. The summed E-state index contributed by atoms with van der Waals surface area (Å²) in [7, 11) is 2.00. The fourth-order valence-corrected chi connectivity index (χ4v) is 3.46. The van der Waals surface area contributed by atoms with E-state index in [1.165, 1.54) is 10.9 Å². The minimum atomic E-state index is -0.225. The number of benzene rings is 1. The number of thiophene rings is 1. The second-order valence-electron chi connectivity index (χ2n) is 4.87. The Balaban J connectivity index is 2.20. The molecule has 0 radical (unpaired) electrons. The lowest BCUT2D eigenvalue weighted by atomic mass is 10.00. The Kier molecular flexibility index (Phi) is 5.16. The van der Waals surface area contributed by atoms with E-state index in [4.69, 9.17) is 17.3 Å². The molecule has 0 bridgehead atoms. The maximum absolute atomic E-state index is 13.5. The van der Waals surface area contributed by atoms with Crippen molar-refractivity contribution < 1.29 is 4.39 Å². The molecule has 0 fully saturated rings. The van der Waals surface area contributed by atoms with Gasteiger partial charge < -0.3 is 5.73 Å². The SMILES string of the molecule is Cc1ccc(F)cc1C(CN)N(C)Cc1ccc(Cl)s1. The van der Waals surface area contributed by atoms with Crippen LogP contribution in [-0.4, -0.2) is 18.5 Å². The average Bonchev–Trinajstić information content (AvgIpc) is 2.80. The molecule has 0 aliphatic carbocycles. The third-order valence-corrected chi connectivity index (χ3v) is 4.61. The molecule has 1 aromatic carbocycles. The zero-order chi connectivity index (χ0) is 14.7. The van der Waals surface area contributed by atoms with Crippen LogP contribution in [0.2, 0.25) is 4.34 Å². The van der Waals surface area contributed by atoms with Gasteiger partial charge in [-0.2, -0.15) is 0 Å². The number of hydrogen-bond donors (Lipinski definition) is 1. The first-order chi connectivity index (χ1) is 9.51. The van der Waals surface area contributed by atoms with Crippen molar-refractivity contribution in [3.05, 3.63) is 56.5 Å². The summed E-state index contributed by atoms with van der Waals surface area (Å²) in [6, 6.07) is 8.74. The Bertz CT molecular complexity index is 585. The predicted molar refractivity (Wildman–Crippen MR) is 83.7 cm³/mol.